The molecule has 156 valence electrons. The molecule has 0 radical (unpaired) electrons. The highest BCUT2D eigenvalue weighted by atomic mass is 35.5. The van der Waals surface area contributed by atoms with Crippen LogP contribution in [0.3, 0.4) is 0 Å². The first-order chi connectivity index (χ1) is 13.3. The third-order valence-corrected chi connectivity index (χ3v) is 5.80. The minimum atomic E-state index is -5.51. The standard InChI is InChI=1S/C17H13Cl2F3N2O4S/c1-24(9-14(25)23-15-12(18)3-2-4-13(15)19)16(26)10-5-7-11(8-6-10)29(27,28)17(20,21)22/h2-8H,9H2,1H3,(H,23,25). The second kappa shape index (κ2) is 8.60. The Morgan fingerprint density at radius 1 is 1.03 bits per heavy atom. The molecular formula is C17H13Cl2F3N2O4S. The monoisotopic (exact) mass is 468 g/mol. The Bertz CT molecular complexity index is 1020. The minimum absolute atomic E-state index is 0.0998. The fourth-order valence-corrected chi connectivity index (χ4v) is 3.47. The number of likely N-dealkylation sites (N-methyl/N-ethyl adjacent to an activating group) is 1. The van der Waals surface area contributed by atoms with E-state index in [-0.39, 0.29) is 21.3 Å². The van der Waals surface area contributed by atoms with Gasteiger partial charge in [0.1, 0.15) is 0 Å². The fourth-order valence-electron chi connectivity index (χ4n) is 2.21. The molecule has 29 heavy (non-hydrogen) atoms. The SMILES string of the molecule is CN(CC(=O)Nc1c(Cl)cccc1Cl)C(=O)c1ccc(S(=O)(=O)C(F)(F)F)cc1. The maximum Gasteiger partial charge on any atom is 0.501 e. The van der Waals surface area contributed by atoms with Crippen molar-refractivity contribution in [1.29, 1.82) is 0 Å². The lowest BCUT2D eigenvalue weighted by Crippen LogP contribution is -2.35. The molecule has 6 nitrogen and oxygen atoms in total. The number of hydrogen-bond acceptors (Lipinski definition) is 4. The molecule has 0 aliphatic rings. The van der Waals surface area contributed by atoms with E-state index in [1.165, 1.54) is 19.2 Å². The van der Waals surface area contributed by atoms with Gasteiger partial charge in [-0.2, -0.15) is 13.2 Å². The number of hydrogen-bond donors (Lipinski definition) is 1. The van der Waals surface area contributed by atoms with Gasteiger partial charge in [-0.05, 0) is 36.4 Å². The van der Waals surface area contributed by atoms with Crippen LogP contribution in [0.5, 0.6) is 0 Å². The Morgan fingerprint density at radius 3 is 2.03 bits per heavy atom. The summed E-state index contributed by atoms with van der Waals surface area (Å²) in [5.74, 6) is -1.33. The molecule has 0 aliphatic carbocycles. The second-order valence-electron chi connectivity index (χ2n) is 5.78. The van der Waals surface area contributed by atoms with Crippen LogP contribution in [0.1, 0.15) is 10.4 Å². The summed E-state index contributed by atoms with van der Waals surface area (Å²) in [6.45, 7) is -0.414. The van der Waals surface area contributed by atoms with Crippen molar-refractivity contribution in [2.24, 2.45) is 0 Å². The van der Waals surface area contributed by atoms with Gasteiger partial charge in [0.25, 0.3) is 15.7 Å². The highest BCUT2D eigenvalue weighted by Gasteiger charge is 2.46. The van der Waals surface area contributed by atoms with Crippen molar-refractivity contribution in [1.82, 2.24) is 4.90 Å². The molecule has 0 saturated carbocycles. The van der Waals surface area contributed by atoms with Crippen molar-refractivity contribution in [3.63, 3.8) is 0 Å². The maximum atomic E-state index is 12.6. The summed E-state index contributed by atoms with van der Waals surface area (Å²) < 4.78 is 60.4. The van der Waals surface area contributed by atoms with Crippen LogP contribution in [0.15, 0.2) is 47.4 Å². The number of halogens is 5. The molecule has 0 unspecified atom stereocenters. The summed E-state index contributed by atoms with van der Waals surface area (Å²) in [4.78, 5) is 24.5. The van der Waals surface area contributed by atoms with E-state index < -0.39 is 38.6 Å². The third kappa shape index (κ3) is 5.20. The normalized spacial score (nSPS) is 11.8. The quantitative estimate of drug-likeness (QED) is 0.718. The first-order valence-electron chi connectivity index (χ1n) is 7.75. The third-order valence-electron chi connectivity index (χ3n) is 3.67. The average molecular weight is 469 g/mol. The molecular weight excluding hydrogens is 456 g/mol. The van der Waals surface area contributed by atoms with Gasteiger partial charge in [-0.1, -0.05) is 29.3 Å². The van der Waals surface area contributed by atoms with E-state index in [9.17, 15) is 31.2 Å². The number of sulfone groups is 1. The number of alkyl halides is 3. The highest BCUT2D eigenvalue weighted by molar-refractivity contribution is 7.92. The number of amides is 2. The van der Waals surface area contributed by atoms with E-state index >= 15 is 0 Å². The Morgan fingerprint density at radius 2 is 1.55 bits per heavy atom. The average Bonchev–Trinajstić information content (AvgIpc) is 2.63. The molecule has 0 heterocycles. The lowest BCUT2D eigenvalue weighted by molar-refractivity contribution is -0.116. The van der Waals surface area contributed by atoms with Crippen LogP contribution in [0.25, 0.3) is 0 Å². The van der Waals surface area contributed by atoms with Crippen molar-refractivity contribution in [3.05, 3.63) is 58.1 Å². The van der Waals surface area contributed by atoms with E-state index in [1.807, 2.05) is 0 Å². The first-order valence-corrected chi connectivity index (χ1v) is 9.99. The molecule has 0 bridgehead atoms. The van der Waals surface area contributed by atoms with Gasteiger partial charge in [-0.15, -0.1) is 0 Å². The van der Waals surface area contributed by atoms with Crippen molar-refractivity contribution in [3.8, 4) is 0 Å². The zero-order valence-corrected chi connectivity index (χ0v) is 17.0. The van der Waals surface area contributed by atoms with Crippen LogP contribution in [0.4, 0.5) is 18.9 Å². The van der Waals surface area contributed by atoms with Gasteiger partial charge < -0.3 is 10.2 Å². The zero-order valence-electron chi connectivity index (χ0n) is 14.6. The van der Waals surface area contributed by atoms with Crippen molar-refractivity contribution >= 4 is 50.5 Å². The predicted molar refractivity (Wildman–Crippen MR) is 102 cm³/mol. The molecule has 0 aliphatic heterocycles. The predicted octanol–water partition coefficient (Wildman–Crippen LogP) is 4.00. The van der Waals surface area contributed by atoms with Crippen molar-refractivity contribution in [2.75, 3.05) is 18.9 Å². The highest BCUT2D eigenvalue weighted by Crippen LogP contribution is 2.31. The molecule has 0 atom stereocenters. The van der Waals surface area contributed by atoms with Gasteiger partial charge in [-0.25, -0.2) is 8.42 Å². The summed E-state index contributed by atoms with van der Waals surface area (Å²) in [7, 11) is -4.23. The van der Waals surface area contributed by atoms with Crippen LogP contribution >= 0.6 is 23.2 Å². The van der Waals surface area contributed by atoms with Gasteiger partial charge in [0.05, 0.1) is 27.2 Å². The molecule has 2 aromatic carbocycles. The summed E-state index contributed by atoms with van der Waals surface area (Å²) in [5, 5.41) is 2.85. The molecule has 0 aromatic heterocycles. The van der Waals surface area contributed by atoms with E-state index in [4.69, 9.17) is 23.2 Å². The van der Waals surface area contributed by atoms with E-state index in [0.717, 1.165) is 17.0 Å². The zero-order chi connectivity index (χ0) is 22.0. The van der Waals surface area contributed by atoms with Crippen LogP contribution in [0.2, 0.25) is 10.0 Å². The van der Waals surface area contributed by atoms with Gasteiger partial charge >= 0.3 is 5.51 Å². The molecule has 1 N–H and O–H groups in total. The number of carbonyl (C=O) groups is 2. The van der Waals surface area contributed by atoms with Gasteiger partial charge in [0.15, 0.2) is 0 Å². The van der Waals surface area contributed by atoms with Gasteiger partial charge in [-0.3, -0.25) is 9.59 Å². The van der Waals surface area contributed by atoms with Gasteiger partial charge in [0, 0.05) is 12.6 Å². The maximum absolute atomic E-state index is 12.6. The lowest BCUT2D eigenvalue weighted by atomic mass is 10.2. The van der Waals surface area contributed by atoms with Crippen LogP contribution in [-0.2, 0) is 14.6 Å². The Hall–Kier alpha value is -2.30. The first kappa shape index (κ1) is 23.0. The molecule has 0 fully saturated rings. The number of benzene rings is 2. The molecule has 2 amide bonds. The number of carbonyl (C=O) groups excluding carboxylic acids is 2. The summed E-state index contributed by atoms with van der Waals surface area (Å²) in [5.41, 5.74) is -5.38. The van der Waals surface area contributed by atoms with Crippen molar-refractivity contribution < 1.29 is 31.2 Å². The number of nitrogens with zero attached hydrogens (tertiary/aromatic N) is 1. The number of anilines is 1. The van der Waals surface area contributed by atoms with Crippen LogP contribution < -0.4 is 5.32 Å². The summed E-state index contributed by atoms with van der Waals surface area (Å²) >= 11 is 11.9. The molecule has 2 aromatic rings. The summed E-state index contributed by atoms with van der Waals surface area (Å²) in [6, 6.07) is 7.81. The topological polar surface area (TPSA) is 83.6 Å². The largest absolute Gasteiger partial charge is 0.501 e. The van der Waals surface area contributed by atoms with Crippen molar-refractivity contribution in [2.45, 2.75) is 10.4 Å². The lowest BCUT2D eigenvalue weighted by Gasteiger charge is -2.18. The van der Waals surface area contributed by atoms with Gasteiger partial charge in [0.2, 0.25) is 5.91 Å². The molecule has 2 rings (SSSR count). The number of rotatable bonds is 5. The molecule has 12 heteroatoms. The Balaban J connectivity index is 2.09. The molecule has 0 spiro atoms. The Kier molecular flexibility index (Phi) is 6.82. The number of nitrogens with one attached hydrogen (secondary N) is 1. The van der Waals surface area contributed by atoms with E-state index in [0.29, 0.717) is 12.1 Å². The summed E-state index contributed by atoms with van der Waals surface area (Å²) in [6.07, 6.45) is 0. The van der Waals surface area contributed by atoms with E-state index in [2.05, 4.69) is 5.32 Å². The second-order valence-corrected chi connectivity index (χ2v) is 8.54. The molecule has 0 saturated heterocycles. The van der Waals surface area contributed by atoms with E-state index in [1.54, 1.807) is 6.07 Å². The number of para-hydroxylation sites is 1. The Labute approximate surface area is 174 Å². The minimum Gasteiger partial charge on any atom is -0.332 e. The fraction of sp³-hybridized carbons (Fsp3) is 0.176. The van der Waals surface area contributed by atoms with Crippen LogP contribution in [-0.4, -0.2) is 44.2 Å². The smallest absolute Gasteiger partial charge is 0.332 e. The van der Waals surface area contributed by atoms with Crippen LogP contribution in [0, 0.1) is 0 Å².